The quantitative estimate of drug-likeness (QED) is 0.531. The molecule has 2 N–H and O–H groups in total. The summed E-state index contributed by atoms with van der Waals surface area (Å²) in [6, 6.07) is -0.495. The van der Waals surface area contributed by atoms with Crippen LogP contribution in [0.2, 0.25) is 0 Å². The number of aromatic nitrogens is 4. The molecule has 0 spiro atoms. The Kier molecular flexibility index (Phi) is 7.59. The van der Waals surface area contributed by atoms with Crippen molar-refractivity contribution in [1.82, 2.24) is 25.1 Å². The highest BCUT2D eigenvalue weighted by Gasteiger charge is 2.39. The molecule has 0 unspecified atom stereocenters. The average molecular weight is 560 g/mol. The van der Waals surface area contributed by atoms with Gasteiger partial charge in [-0.15, -0.1) is 0 Å². The van der Waals surface area contributed by atoms with Crippen LogP contribution in [0.1, 0.15) is 31.7 Å². The molecular formula is C21H25BrF3N7O3. The van der Waals surface area contributed by atoms with Crippen LogP contribution in [-0.2, 0) is 15.7 Å². The molecule has 4 heterocycles. The number of amides is 1. The number of carbonyl (C=O) groups is 1. The van der Waals surface area contributed by atoms with Crippen molar-refractivity contribution in [3.63, 3.8) is 0 Å². The number of piperidine rings is 1. The molecule has 2 aliphatic rings. The Balaban J connectivity index is 1.27. The number of rotatable bonds is 7. The Morgan fingerprint density at radius 3 is 2.51 bits per heavy atom. The Hall–Kier alpha value is -2.74. The predicted molar refractivity (Wildman–Crippen MR) is 124 cm³/mol. The van der Waals surface area contributed by atoms with E-state index in [9.17, 15) is 22.8 Å². The maximum Gasteiger partial charge on any atom is 0.423 e. The molecule has 2 aromatic rings. The highest BCUT2D eigenvalue weighted by Crippen LogP contribution is 2.32. The standard InChI is InChI=1S/C21H25BrF3N7O3/c1-12(29-15-10-28-30-18(33)17(15)21(23,24)25)11-35-16-4-7-32(19(16)34)14-2-5-31(6-3-14)20-26-8-13(22)9-27-20/h8-10,12,14,16H,2-7,11H2,1H3,(H2,29,30,33)/t12-,16+/m0/s1. The lowest BCUT2D eigenvalue weighted by atomic mass is 10.0. The summed E-state index contributed by atoms with van der Waals surface area (Å²) in [5.74, 6) is 0.552. The van der Waals surface area contributed by atoms with E-state index < -0.39 is 35.1 Å². The minimum absolute atomic E-state index is 0.00626. The second-order valence-electron chi connectivity index (χ2n) is 8.59. The number of alkyl halides is 3. The van der Waals surface area contributed by atoms with Gasteiger partial charge in [0.05, 0.1) is 23.0 Å². The summed E-state index contributed by atoms with van der Waals surface area (Å²) >= 11 is 3.32. The smallest absolute Gasteiger partial charge is 0.378 e. The van der Waals surface area contributed by atoms with E-state index in [2.05, 4.69) is 41.2 Å². The number of aromatic amines is 1. The van der Waals surface area contributed by atoms with Crippen LogP contribution in [0.5, 0.6) is 0 Å². The Morgan fingerprint density at radius 1 is 1.17 bits per heavy atom. The van der Waals surface area contributed by atoms with Gasteiger partial charge in [0.1, 0.15) is 11.7 Å². The number of nitrogens with one attached hydrogen (secondary N) is 2. The van der Waals surface area contributed by atoms with Gasteiger partial charge in [-0.2, -0.15) is 18.3 Å². The van der Waals surface area contributed by atoms with Crippen molar-refractivity contribution in [3.05, 3.63) is 39.0 Å². The zero-order valence-corrected chi connectivity index (χ0v) is 20.5. The van der Waals surface area contributed by atoms with Crippen molar-refractivity contribution in [2.45, 2.75) is 50.6 Å². The number of carbonyl (C=O) groups excluding carboxylic acids is 1. The van der Waals surface area contributed by atoms with Gasteiger partial charge in [0.25, 0.3) is 11.5 Å². The van der Waals surface area contributed by atoms with Crippen molar-refractivity contribution in [3.8, 4) is 0 Å². The van der Waals surface area contributed by atoms with E-state index in [0.717, 1.165) is 36.6 Å². The molecule has 190 valence electrons. The monoisotopic (exact) mass is 559 g/mol. The van der Waals surface area contributed by atoms with Crippen LogP contribution in [-0.4, -0.2) is 75.4 Å². The van der Waals surface area contributed by atoms with Gasteiger partial charge in [-0.05, 0) is 35.7 Å². The van der Waals surface area contributed by atoms with Crippen molar-refractivity contribution >= 4 is 33.5 Å². The maximum atomic E-state index is 13.2. The summed E-state index contributed by atoms with van der Waals surface area (Å²) in [4.78, 5) is 37.1. The fourth-order valence-corrected chi connectivity index (χ4v) is 4.60. The first-order valence-corrected chi connectivity index (χ1v) is 12.0. The molecule has 10 nitrogen and oxygen atoms in total. The molecule has 35 heavy (non-hydrogen) atoms. The molecule has 0 bridgehead atoms. The van der Waals surface area contributed by atoms with E-state index >= 15 is 0 Å². The predicted octanol–water partition coefficient (Wildman–Crippen LogP) is 2.43. The largest absolute Gasteiger partial charge is 0.423 e. The fraction of sp³-hybridized carbons (Fsp3) is 0.571. The summed E-state index contributed by atoms with van der Waals surface area (Å²) in [5.41, 5.74) is -3.10. The zero-order valence-electron chi connectivity index (χ0n) is 18.9. The molecule has 4 rings (SSSR count). The molecule has 0 radical (unpaired) electrons. The number of anilines is 2. The summed E-state index contributed by atoms with van der Waals surface area (Å²) in [6.45, 7) is 3.63. The van der Waals surface area contributed by atoms with E-state index in [1.54, 1.807) is 24.4 Å². The van der Waals surface area contributed by atoms with Crippen molar-refractivity contribution in [2.24, 2.45) is 0 Å². The van der Waals surface area contributed by atoms with Gasteiger partial charge >= 0.3 is 6.18 Å². The molecule has 2 aromatic heterocycles. The van der Waals surface area contributed by atoms with Crippen molar-refractivity contribution < 1.29 is 22.7 Å². The minimum Gasteiger partial charge on any atom is -0.378 e. The van der Waals surface area contributed by atoms with E-state index in [1.807, 2.05) is 4.90 Å². The van der Waals surface area contributed by atoms with Gasteiger partial charge < -0.3 is 19.9 Å². The first kappa shape index (κ1) is 25.4. The summed E-state index contributed by atoms with van der Waals surface area (Å²) in [5, 5.41) is 7.85. The third-order valence-corrected chi connectivity index (χ3v) is 6.48. The van der Waals surface area contributed by atoms with Crippen LogP contribution >= 0.6 is 15.9 Å². The molecule has 14 heteroatoms. The lowest BCUT2D eigenvalue weighted by molar-refractivity contribution is -0.139. The van der Waals surface area contributed by atoms with E-state index in [1.165, 1.54) is 0 Å². The second-order valence-corrected chi connectivity index (χ2v) is 9.51. The van der Waals surface area contributed by atoms with Crippen LogP contribution in [0.3, 0.4) is 0 Å². The molecule has 0 aliphatic carbocycles. The molecule has 0 aromatic carbocycles. The number of halogens is 4. The molecule has 2 fully saturated rings. The zero-order chi connectivity index (χ0) is 25.2. The lowest BCUT2D eigenvalue weighted by Crippen LogP contribution is -2.47. The van der Waals surface area contributed by atoms with Gasteiger partial charge in [-0.3, -0.25) is 9.59 Å². The first-order chi connectivity index (χ1) is 16.6. The normalized spacial score (nSPS) is 20.4. The summed E-state index contributed by atoms with van der Waals surface area (Å²) in [7, 11) is 0. The molecule has 1 amide bonds. The number of hydrogen-bond acceptors (Lipinski definition) is 8. The van der Waals surface area contributed by atoms with Gasteiger partial charge in [-0.25, -0.2) is 15.1 Å². The fourth-order valence-electron chi connectivity index (χ4n) is 4.40. The molecular weight excluding hydrogens is 535 g/mol. The Morgan fingerprint density at radius 2 is 1.86 bits per heavy atom. The first-order valence-electron chi connectivity index (χ1n) is 11.2. The highest BCUT2D eigenvalue weighted by molar-refractivity contribution is 9.10. The van der Waals surface area contributed by atoms with E-state index in [4.69, 9.17) is 4.74 Å². The summed E-state index contributed by atoms with van der Waals surface area (Å²) in [6.07, 6.45) is 0.916. The van der Waals surface area contributed by atoms with Crippen LogP contribution in [0, 0.1) is 0 Å². The molecule has 2 aliphatic heterocycles. The molecule has 2 saturated heterocycles. The lowest BCUT2D eigenvalue weighted by Gasteiger charge is -2.36. The van der Waals surface area contributed by atoms with E-state index in [-0.39, 0.29) is 18.6 Å². The average Bonchev–Trinajstić information content (AvgIpc) is 3.18. The van der Waals surface area contributed by atoms with Crippen molar-refractivity contribution in [1.29, 1.82) is 0 Å². The third kappa shape index (κ3) is 5.92. The minimum atomic E-state index is -4.83. The van der Waals surface area contributed by atoms with Crippen LogP contribution in [0.15, 0.2) is 27.9 Å². The summed E-state index contributed by atoms with van der Waals surface area (Å²) < 4.78 is 46.2. The van der Waals surface area contributed by atoms with Crippen molar-refractivity contribution in [2.75, 3.05) is 36.5 Å². The number of likely N-dealkylation sites (tertiary alicyclic amines) is 1. The van der Waals surface area contributed by atoms with Crippen LogP contribution < -0.4 is 15.8 Å². The molecule has 0 saturated carbocycles. The van der Waals surface area contributed by atoms with Gasteiger partial charge in [0.2, 0.25) is 5.95 Å². The number of hydrogen-bond donors (Lipinski definition) is 2. The highest BCUT2D eigenvalue weighted by atomic mass is 79.9. The van der Waals surface area contributed by atoms with E-state index in [0.29, 0.717) is 18.9 Å². The van der Waals surface area contributed by atoms with Crippen LogP contribution in [0.4, 0.5) is 24.8 Å². The third-order valence-electron chi connectivity index (χ3n) is 6.07. The SMILES string of the molecule is C[C@@H](CO[C@@H]1CCN(C2CCN(c3ncc(Br)cn3)CC2)C1=O)Nc1cn[nH]c(=O)c1C(F)(F)F. The van der Waals surface area contributed by atoms with Gasteiger partial charge in [0.15, 0.2) is 0 Å². The Labute approximate surface area is 207 Å². The number of ether oxygens (including phenoxy) is 1. The Bertz CT molecular complexity index is 1090. The number of nitrogens with zero attached hydrogens (tertiary/aromatic N) is 5. The maximum absolute atomic E-state index is 13.2. The second kappa shape index (κ2) is 10.5. The number of H-pyrrole nitrogens is 1. The van der Waals surface area contributed by atoms with Crippen LogP contribution in [0.25, 0.3) is 0 Å². The topological polar surface area (TPSA) is 116 Å². The molecule has 2 atom stereocenters. The van der Waals surface area contributed by atoms with Gasteiger partial charge in [-0.1, -0.05) is 0 Å². The van der Waals surface area contributed by atoms with Gasteiger partial charge in [0, 0.05) is 50.5 Å².